The molecule has 1 saturated carbocycles. The molecule has 3 rings (SSSR count). The number of hydrogen-bond acceptors (Lipinski definition) is 2. The molecule has 0 radical (unpaired) electrons. The molecule has 0 bridgehead atoms. The van der Waals surface area contributed by atoms with Gasteiger partial charge in [0, 0.05) is 0 Å². The van der Waals surface area contributed by atoms with Crippen LogP contribution in [0, 0.1) is 6.92 Å². The zero-order valence-electron chi connectivity index (χ0n) is 7.67. The second-order valence-electron chi connectivity index (χ2n) is 3.84. The third kappa shape index (κ3) is 1.09. The van der Waals surface area contributed by atoms with Crippen molar-refractivity contribution in [1.29, 1.82) is 0 Å². The van der Waals surface area contributed by atoms with Gasteiger partial charge in [-0.15, -0.1) is 0 Å². The van der Waals surface area contributed by atoms with Crippen molar-refractivity contribution in [2.45, 2.75) is 25.7 Å². The Labute approximate surface area is 77.5 Å². The predicted molar refractivity (Wildman–Crippen MR) is 49.3 cm³/mol. The molecule has 1 aliphatic carbocycles. The van der Waals surface area contributed by atoms with E-state index in [4.69, 9.17) is 9.47 Å². The van der Waals surface area contributed by atoms with E-state index in [1.54, 1.807) is 0 Å². The van der Waals surface area contributed by atoms with Gasteiger partial charge in [-0.25, -0.2) is 0 Å². The molecule has 0 amide bonds. The van der Waals surface area contributed by atoms with Gasteiger partial charge in [0.2, 0.25) is 6.79 Å². The highest BCUT2D eigenvalue weighted by atomic mass is 16.7. The maximum absolute atomic E-state index is 5.35. The number of benzene rings is 1. The van der Waals surface area contributed by atoms with Gasteiger partial charge in [-0.05, 0) is 48.9 Å². The molecule has 68 valence electrons. The van der Waals surface area contributed by atoms with Gasteiger partial charge in [0.05, 0.1) is 0 Å². The zero-order valence-corrected chi connectivity index (χ0v) is 7.67. The summed E-state index contributed by atoms with van der Waals surface area (Å²) in [5, 5.41) is 0. The molecule has 1 heterocycles. The smallest absolute Gasteiger partial charge is 0.231 e. The van der Waals surface area contributed by atoms with Gasteiger partial charge in [0.1, 0.15) is 0 Å². The minimum atomic E-state index is 0.378. The maximum atomic E-state index is 5.35. The van der Waals surface area contributed by atoms with Crippen molar-refractivity contribution in [3.8, 4) is 11.5 Å². The van der Waals surface area contributed by atoms with E-state index >= 15 is 0 Å². The zero-order chi connectivity index (χ0) is 8.84. The van der Waals surface area contributed by atoms with Crippen LogP contribution in [0.5, 0.6) is 11.5 Å². The van der Waals surface area contributed by atoms with E-state index in [1.807, 2.05) is 0 Å². The summed E-state index contributed by atoms with van der Waals surface area (Å²) in [5.41, 5.74) is 2.79. The van der Waals surface area contributed by atoms with E-state index in [1.165, 1.54) is 24.0 Å². The summed E-state index contributed by atoms with van der Waals surface area (Å²) in [7, 11) is 0. The van der Waals surface area contributed by atoms with E-state index in [9.17, 15) is 0 Å². The summed E-state index contributed by atoms with van der Waals surface area (Å²) in [6.07, 6.45) is 2.67. The van der Waals surface area contributed by atoms with Gasteiger partial charge in [0.15, 0.2) is 11.5 Å². The summed E-state index contributed by atoms with van der Waals surface area (Å²) in [5.74, 6) is 2.61. The summed E-state index contributed by atoms with van der Waals surface area (Å²) < 4.78 is 10.7. The minimum absolute atomic E-state index is 0.378. The molecule has 1 aromatic carbocycles. The van der Waals surface area contributed by atoms with Crippen molar-refractivity contribution in [2.75, 3.05) is 6.79 Å². The lowest BCUT2D eigenvalue weighted by atomic mass is 10.0. The third-order valence-electron chi connectivity index (χ3n) is 2.78. The van der Waals surface area contributed by atoms with Crippen LogP contribution in [0.2, 0.25) is 0 Å². The van der Waals surface area contributed by atoms with E-state index in [2.05, 4.69) is 19.1 Å². The Balaban J connectivity index is 2.10. The summed E-state index contributed by atoms with van der Waals surface area (Å²) in [4.78, 5) is 0. The van der Waals surface area contributed by atoms with Crippen LogP contribution < -0.4 is 9.47 Å². The molecule has 1 fully saturated rings. The Morgan fingerprint density at radius 1 is 1.15 bits per heavy atom. The standard InChI is InChI=1S/C11H12O2/c1-7-4-10-11(13-6-12-10)5-9(7)8-2-3-8/h4-5,8H,2-3,6H2,1H3. The van der Waals surface area contributed by atoms with Crippen LogP contribution in [0.25, 0.3) is 0 Å². The van der Waals surface area contributed by atoms with Crippen LogP contribution >= 0.6 is 0 Å². The molecular weight excluding hydrogens is 164 g/mol. The Bertz CT molecular complexity index is 353. The number of ether oxygens (including phenoxy) is 2. The first-order chi connectivity index (χ1) is 6.34. The largest absolute Gasteiger partial charge is 0.454 e. The minimum Gasteiger partial charge on any atom is -0.454 e. The molecular formula is C11H12O2. The second kappa shape index (κ2) is 2.41. The average molecular weight is 176 g/mol. The third-order valence-corrected chi connectivity index (χ3v) is 2.78. The number of aryl methyl sites for hydroxylation is 1. The molecule has 1 aliphatic heterocycles. The van der Waals surface area contributed by atoms with Crippen molar-refractivity contribution >= 4 is 0 Å². The first kappa shape index (κ1) is 7.25. The number of hydrogen-bond donors (Lipinski definition) is 0. The molecule has 0 spiro atoms. The van der Waals surface area contributed by atoms with Crippen LogP contribution in [0.1, 0.15) is 29.9 Å². The van der Waals surface area contributed by atoms with Gasteiger partial charge in [-0.2, -0.15) is 0 Å². The Kier molecular flexibility index (Phi) is 1.34. The Morgan fingerprint density at radius 2 is 1.85 bits per heavy atom. The molecule has 1 aromatic rings. The van der Waals surface area contributed by atoms with E-state index in [-0.39, 0.29) is 0 Å². The Hall–Kier alpha value is -1.18. The normalized spacial score (nSPS) is 19.2. The van der Waals surface area contributed by atoms with Gasteiger partial charge in [-0.3, -0.25) is 0 Å². The molecule has 13 heavy (non-hydrogen) atoms. The first-order valence-electron chi connectivity index (χ1n) is 4.75. The summed E-state index contributed by atoms with van der Waals surface area (Å²) >= 11 is 0. The van der Waals surface area contributed by atoms with Crippen LogP contribution in [-0.4, -0.2) is 6.79 Å². The highest BCUT2D eigenvalue weighted by molar-refractivity contribution is 5.50. The lowest BCUT2D eigenvalue weighted by Gasteiger charge is -2.05. The fourth-order valence-corrected chi connectivity index (χ4v) is 1.89. The average Bonchev–Trinajstić information content (AvgIpc) is 2.85. The fraction of sp³-hybridized carbons (Fsp3) is 0.455. The first-order valence-corrected chi connectivity index (χ1v) is 4.75. The second-order valence-corrected chi connectivity index (χ2v) is 3.84. The van der Waals surface area contributed by atoms with Crippen LogP contribution in [-0.2, 0) is 0 Å². The summed E-state index contributed by atoms with van der Waals surface area (Å²) in [6.45, 7) is 2.53. The van der Waals surface area contributed by atoms with Crippen LogP contribution in [0.15, 0.2) is 12.1 Å². The van der Waals surface area contributed by atoms with E-state index in [0.717, 1.165) is 17.4 Å². The van der Waals surface area contributed by atoms with Crippen molar-refractivity contribution in [2.24, 2.45) is 0 Å². The van der Waals surface area contributed by atoms with Gasteiger partial charge >= 0.3 is 0 Å². The van der Waals surface area contributed by atoms with E-state index in [0.29, 0.717) is 6.79 Å². The quantitative estimate of drug-likeness (QED) is 0.654. The number of rotatable bonds is 1. The summed E-state index contributed by atoms with van der Waals surface area (Å²) in [6, 6.07) is 4.24. The number of fused-ring (bicyclic) bond motifs is 1. The molecule has 2 heteroatoms. The maximum Gasteiger partial charge on any atom is 0.231 e. The van der Waals surface area contributed by atoms with Gasteiger partial charge < -0.3 is 9.47 Å². The van der Waals surface area contributed by atoms with Crippen molar-refractivity contribution in [1.82, 2.24) is 0 Å². The molecule has 2 aliphatic rings. The highest BCUT2D eigenvalue weighted by Crippen LogP contribution is 2.45. The van der Waals surface area contributed by atoms with Crippen LogP contribution in [0.3, 0.4) is 0 Å². The molecule has 0 atom stereocenters. The van der Waals surface area contributed by atoms with E-state index < -0.39 is 0 Å². The topological polar surface area (TPSA) is 18.5 Å². The highest BCUT2D eigenvalue weighted by Gasteiger charge is 2.27. The monoisotopic (exact) mass is 176 g/mol. The van der Waals surface area contributed by atoms with Crippen molar-refractivity contribution in [3.05, 3.63) is 23.3 Å². The van der Waals surface area contributed by atoms with Gasteiger partial charge in [-0.1, -0.05) is 0 Å². The lowest BCUT2D eigenvalue weighted by Crippen LogP contribution is -1.92. The fourth-order valence-electron chi connectivity index (χ4n) is 1.89. The van der Waals surface area contributed by atoms with Crippen molar-refractivity contribution < 1.29 is 9.47 Å². The molecule has 0 aromatic heterocycles. The lowest BCUT2D eigenvalue weighted by molar-refractivity contribution is 0.174. The predicted octanol–water partition coefficient (Wildman–Crippen LogP) is 2.60. The van der Waals surface area contributed by atoms with Gasteiger partial charge in [0.25, 0.3) is 0 Å². The molecule has 0 unspecified atom stereocenters. The Morgan fingerprint density at radius 3 is 2.54 bits per heavy atom. The van der Waals surface area contributed by atoms with Crippen LogP contribution in [0.4, 0.5) is 0 Å². The van der Waals surface area contributed by atoms with Crippen molar-refractivity contribution in [3.63, 3.8) is 0 Å². The molecule has 0 saturated heterocycles. The SMILES string of the molecule is Cc1cc2c(cc1C1CC1)OCO2. The molecule has 0 N–H and O–H groups in total. The molecule has 2 nitrogen and oxygen atoms in total.